The molecule has 4 heteroatoms. The Bertz CT molecular complexity index is 617. The van der Waals surface area contributed by atoms with Crippen molar-refractivity contribution in [3.63, 3.8) is 0 Å². The number of carbonyl (C=O) groups excluding carboxylic acids is 1. The van der Waals surface area contributed by atoms with Crippen LogP contribution in [0.25, 0.3) is 0 Å². The maximum atomic E-state index is 12.1. The van der Waals surface area contributed by atoms with E-state index in [1.54, 1.807) is 0 Å². The normalized spacial score (nSPS) is 13.1. The summed E-state index contributed by atoms with van der Waals surface area (Å²) in [7, 11) is 0. The molecule has 0 amide bonds. The van der Waals surface area contributed by atoms with E-state index in [1.165, 1.54) is 0 Å². The Labute approximate surface area is 125 Å². The molecule has 0 aliphatic rings. The third kappa shape index (κ3) is 5.43. The highest BCUT2D eigenvalue weighted by atomic mass is 16.5. The summed E-state index contributed by atoms with van der Waals surface area (Å²) in [4.78, 5) is 23.4. The molecule has 0 radical (unpaired) electrons. The van der Waals surface area contributed by atoms with E-state index >= 15 is 0 Å². The summed E-state index contributed by atoms with van der Waals surface area (Å²) in [6, 6.07) is -2.79. The molecule has 0 saturated heterocycles. The lowest BCUT2D eigenvalue weighted by Gasteiger charge is -2.07. The second kappa shape index (κ2) is 9.13. The molecule has 4 nitrogen and oxygen atoms in total. The van der Waals surface area contributed by atoms with Crippen LogP contribution < -0.4 is 0 Å². The summed E-state index contributed by atoms with van der Waals surface area (Å²) in [6.07, 6.45) is 5.93. The van der Waals surface area contributed by atoms with E-state index in [1.807, 2.05) is 0 Å². The molecule has 0 fully saturated rings. The zero-order valence-electron chi connectivity index (χ0n) is 15.6. The highest BCUT2D eigenvalue weighted by Crippen LogP contribution is 2.11. The minimum Gasteiger partial charge on any atom is -0.478 e. The van der Waals surface area contributed by atoms with Gasteiger partial charge in [-0.05, 0) is 18.5 Å². The van der Waals surface area contributed by atoms with Gasteiger partial charge in [0, 0.05) is 0 Å². The van der Waals surface area contributed by atoms with Crippen molar-refractivity contribution in [1.29, 1.82) is 0 Å². The fourth-order valence-corrected chi connectivity index (χ4v) is 1.75. The lowest BCUT2D eigenvalue weighted by molar-refractivity contribution is 0.0487. The number of unbranched alkanes of at least 4 members (excludes halogenated alkanes) is 5. The van der Waals surface area contributed by atoms with Gasteiger partial charge in [-0.15, -0.1) is 0 Å². The van der Waals surface area contributed by atoms with Gasteiger partial charge in [0.2, 0.25) is 0 Å². The van der Waals surface area contributed by atoms with Gasteiger partial charge in [-0.3, -0.25) is 0 Å². The maximum Gasteiger partial charge on any atom is 0.339 e. The van der Waals surface area contributed by atoms with Crippen molar-refractivity contribution in [3.05, 3.63) is 35.3 Å². The molecule has 0 aliphatic carbocycles. The van der Waals surface area contributed by atoms with E-state index in [9.17, 15) is 14.7 Å². The number of rotatable bonds is 9. The molecule has 1 N–H and O–H groups in total. The SMILES string of the molecule is [2H]c1c([2H])c([2H])c(C(=O)OCCCCCCCC)c(C(=O)O)c1[2H]. The summed E-state index contributed by atoms with van der Waals surface area (Å²) < 4.78 is 35.4. The van der Waals surface area contributed by atoms with Crippen LogP contribution in [0.5, 0.6) is 0 Å². The van der Waals surface area contributed by atoms with Gasteiger partial charge in [-0.25, -0.2) is 9.59 Å². The summed E-state index contributed by atoms with van der Waals surface area (Å²) >= 11 is 0. The first-order valence-corrected chi connectivity index (χ1v) is 6.83. The molecule has 1 aromatic carbocycles. The molecule has 1 rings (SSSR count). The Kier molecular flexibility index (Phi) is 4.97. The van der Waals surface area contributed by atoms with Gasteiger partial charge in [-0.2, -0.15) is 0 Å². The first-order valence-electron chi connectivity index (χ1n) is 8.83. The lowest BCUT2D eigenvalue weighted by Crippen LogP contribution is -2.12. The molecule has 0 bridgehead atoms. The van der Waals surface area contributed by atoms with Gasteiger partial charge in [0.25, 0.3) is 0 Å². The zero-order valence-corrected chi connectivity index (χ0v) is 11.6. The van der Waals surface area contributed by atoms with Crippen molar-refractivity contribution in [2.45, 2.75) is 45.4 Å². The van der Waals surface area contributed by atoms with E-state index in [0.29, 0.717) is 6.42 Å². The fourth-order valence-electron chi connectivity index (χ4n) is 1.75. The van der Waals surface area contributed by atoms with Gasteiger partial charge in [0.15, 0.2) is 0 Å². The van der Waals surface area contributed by atoms with E-state index < -0.39 is 47.2 Å². The molecule has 1 aromatic rings. The van der Waals surface area contributed by atoms with Crippen LogP contribution in [0, 0.1) is 0 Å². The van der Waals surface area contributed by atoms with Gasteiger partial charge >= 0.3 is 11.9 Å². The van der Waals surface area contributed by atoms with E-state index in [-0.39, 0.29) is 6.61 Å². The van der Waals surface area contributed by atoms with E-state index in [0.717, 1.165) is 32.1 Å². The van der Waals surface area contributed by atoms with Crippen LogP contribution in [0.3, 0.4) is 0 Å². The molecule has 0 aromatic heterocycles. The van der Waals surface area contributed by atoms with Crippen LogP contribution >= 0.6 is 0 Å². The monoisotopic (exact) mass is 282 g/mol. The number of carboxylic acids is 1. The Balaban J connectivity index is 2.82. The van der Waals surface area contributed by atoms with Crippen LogP contribution in [0.1, 0.15) is 71.6 Å². The number of ether oxygens (including phenoxy) is 1. The van der Waals surface area contributed by atoms with Gasteiger partial charge in [-0.1, -0.05) is 51.1 Å². The number of esters is 1. The van der Waals surface area contributed by atoms with Crippen LogP contribution in [0.4, 0.5) is 0 Å². The van der Waals surface area contributed by atoms with Gasteiger partial charge < -0.3 is 9.84 Å². The topological polar surface area (TPSA) is 63.6 Å². The summed E-state index contributed by atoms with van der Waals surface area (Å²) in [5.74, 6) is -2.62. The van der Waals surface area contributed by atoms with Crippen molar-refractivity contribution in [1.82, 2.24) is 0 Å². The Morgan fingerprint density at radius 1 is 1.10 bits per heavy atom. The zero-order chi connectivity index (χ0) is 18.3. The molecule has 0 aliphatic heterocycles. The highest BCUT2D eigenvalue weighted by molar-refractivity contribution is 6.02. The molecule has 0 saturated carbocycles. The molecule has 20 heavy (non-hydrogen) atoms. The van der Waals surface area contributed by atoms with Gasteiger partial charge in [0.1, 0.15) is 0 Å². The van der Waals surface area contributed by atoms with E-state index in [2.05, 4.69) is 6.92 Å². The van der Waals surface area contributed by atoms with Crippen molar-refractivity contribution >= 4 is 11.9 Å². The minimum atomic E-state index is -1.59. The van der Waals surface area contributed by atoms with Crippen LogP contribution in [0.15, 0.2) is 24.2 Å². The number of hydrogen-bond acceptors (Lipinski definition) is 3. The highest BCUT2D eigenvalue weighted by Gasteiger charge is 2.16. The third-order valence-electron chi connectivity index (χ3n) is 2.84. The Hall–Kier alpha value is -1.84. The van der Waals surface area contributed by atoms with Gasteiger partial charge in [0.05, 0.1) is 23.2 Å². The standard InChI is InChI=1S/C16H22O4/c1-2-3-4-5-6-9-12-20-16(19)14-11-8-7-10-13(14)15(17)18/h7-8,10-11H,2-6,9,12H2,1H3,(H,17,18)/i7D,8D,10D,11D. The minimum absolute atomic E-state index is 0.0900. The fraction of sp³-hybridized carbons (Fsp3) is 0.500. The Morgan fingerprint density at radius 3 is 2.35 bits per heavy atom. The van der Waals surface area contributed by atoms with Crippen molar-refractivity contribution < 1.29 is 24.9 Å². The summed E-state index contributed by atoms with van der Waals surface area (Å²) in [6.45, 7) is 2.20. The van der Waals surface area contributed by atoms with Crippen LogP contribution in [-0.2, 0) is 4.74 Å². The predicted molar refractivity (Wildman–Crippen MR) is 77.1 cm³/mol. The number of benzene rings is 1. The molecule has 0 heterocycles. The second-order valence-corrected chi connectivity index (χ2v) is 4.46. The van der Waals surface area contributed by atoms with Crippen molar-refractivity contribution in [3.8, 4) is 0 Å². The first kappa shape index (κ1) is 10.9. The smallest absolute Gasteiger partial charge is 0.339 e. The predicted octanol–water partition coefficient (Wildman–Crippen LogP) is 3.90. The van der Waals surface area contributed by atoms with Crippen LogP contribution in [0.2, 0.25) is 0 Å². The molecular formula is C16H22O4. The second-order valence-electron chi connectivity index (χ2n) is 4.46. The van der Waals surface area contributed by atoms with E-state index in [4.69, 9.17) is 10.2 Å². The van der Waals surface area contributed by atoms with Crippen molar-refractivity contribution in [2.24, 2.45) is 0 Å². The van der Waals surface area contributed by atoms with Crippen LogP contribution in [-0.4, -0.2) is 23.7 Å². The number of hydrogen-bond donors (Lipinski definition) is 1. The first-order chi connectivity index (χ1) is 11.3. The lowest BCUT2D eigenvalue weighted by atomic mass is 10.1. The number of aromatic carboxylic acids is 1. The molecule has 0 unspecified atom stereocenters. The largest absolute Gasteiger partial charge is 0.478 e. The average Bonchev–Trinajstić information content (AvgIpc) is 2.54. The quantitative estimate of drug-likeness (QED) is 0.551. The molecule has 0 spiro atoms. The summed E-state index contributed by atoms with van der Waals surface area (Å²) in [5.41, 5.74) is -1.38. The average molecular weight is 282 g/mol. The van der Waals surface area contributed by atoms with Crippen molar-refractivity contribution in [2.75, 3.05) is 6.61 Å². The molecule has 110 valence electrons. The summed E-state index contributed by atoms with van der Waals surface area (Å²) in [5, 5.41) is 9.17. The number of carbonyl (C=O) groups is 2. The Morgan fingerprint density at radius 2 is 1.70 bits per heavy atom. The molecular weight excluding hydrogens is 256 g/mol. The third-order valence-corrected chi connectivity index (χ3v) is 2.84. The maximum absolute atomic E-state index is 12.1. The molecule has 0 atom stereocenters. The number of carboxylic acid groups (broad SMARTS) is 1.